The van der Waals surface area contributed by atoms with Crippen LogP contribution < -0.4 is 10.1 Å². The third-order valence-corrected chi connectivity index (χ3v) is 3.82. The van der Waals surface area contributed by atoms with Crippen molar-refractivity contribution in [2.45, 2.75) is 13.5 Å². The van der Waals surface area contributed by atoms with Gasteiger partial charge in [-0.3, -0.25) is 0 Å². The first kappa shape index (κ1) is 17.4. The first-order chi connectivity index (χ1) is 12.6. The average molecular weight is 353 g/mol. The molecule has 0 saturated carbocycles. The number of carbonyl (C=O) groups excluding carboxylic acids is 1. The molecule has 0 saturated heterocycles. The second-order valence-electron chi connectivity index (χ2n) is 5.53. The van der Waals surface area contributed by atoms with Crippen LogP contribution >= 0.6 is 0 Å². The van der Waals surface area contributed by atoms with E-state index < -0.39 is 5.97 Å². The Labute approximate surface area is 150 Å². The van der Waals surface area contributed by atoms with Gasteiger partial charge in [0.1, 0.15) is 17.3 Å². The molecule has 0 amide bonds. The molecule has 2 heterocycles. The maximum atomic E-state index is 11.6. The van der Waals surface area contributed by atoms with Crippen LogP contribution in [0.3, 0.4) is 0 Å². The summed E-state index contributed by atoms with van der Waals surface area (Å²) >= 11 is 0. The summed E-state index contributed by atoms with van der Waals surface area (Å²) in [6.45, 7) is 2.22. The number of rotatable bonds is 6. The Morgan fingerprint density at radius 3 is 2.58 bits per heavy atom. The van der Waals surface area contributed by atoms with E-state index in [4.69, 9.17) is 9.47 Å². The predicted octanol–water partition coefficient (Wildman–Crippen LogP) is 2.38. The van der Waals surface area contributed by atoms with Crippen LogP contribution in [0.25, 0.3) is 5.69 Å². The highest BCUT2D eigenvalue weighted by atomic mass is 16.5. The molecular weight excluding hydrogens is 334 g/mol. The monoisotopic (exact) mass is 353 g/mol. The van der Waals surface area contributed by atoms with E-state index in [9.17, 15) is 4.79 Å². The van der Waals surface area contributed by atoms with Crippen LogP contribution in [0.5, 0.6) is 5.75 Å². The number of aryl methyl sites for hydroxylation is 1. The Balaban J connectivity index is 1.66. The Hall–Kier alpha value is -3.42. The number of aromatic nitrogens is 4. The molecule has 1 N–H and O–H groups in total. The predicted molar refractivity (Wildman–Crippen MR) is 95.6 cm³/mol. The van der Waals surface area contributed by atoms with Crippen molar-refractivity contribution in [1.29, 1.82) is 0 Å². The van der Waals surface area contributed by atoms with Gasteiger partial charge in [-0.2, -0.15) is 0 Å². The minimum Gasteiger partial charge on any atom is -0.497 e. The standard InChI is InChI=1S/C18H19N5O3/c1-12-16(18(24)26-3)8-9-17(20-12)19-10-13-11-23(22-21-13)14-4-6-15(25-2)7-5-14/h4-9,11H,10H2,1-3H3,(H,19,20). The number of esters is 1. The van der Waals surface area contributed by atoms with Crippen molar-refractivity contribution in [1.82, 2.24) is 20.0 Å². The molecule has 0 unspecified atom stereocenters. The van der Waals surface area contributed by atoms with Gasteiger partial charge in [-0.05, 0) is 43.3 Å². The summed E-state index contributed by atoms with van der Waals surface area (Å²) < 4.78 is 11.6. The fourth-order valence-corrected chi connectivity index (χ4v) is 2.41. The quantitative estimate of drug-likeness (QED) is 0.680. The second-order valence-corrected chi connectivity index (χ2v) is 5.53. The van der Waals surface area contributed by atoms with Crippen molar-refractivity contribution in [3.63, 3.8) is 0 Å². The topological polar surface area (TPSA) is 91.2 Å². The summed E-state index contributed by atoms with van der Waals surface area (Å²) in [4.78, 5) is 16.0. The van der Waals surface area contributed by atoms with E-state index in [-0.39, 0.29) is 0 Å². The highest BCUT2D eigenvalue weighted by Gasteiger charge is 2.11. The number of pyridine rings is 1. The molecule has 0 fully saturated rings. The summed E-state index contributed by atoms with van der Waals surface area (Å²) in [7, 11) is 2.97. The second kappa shape index (κ2) is 7.64. The lowest BCUT2D eigenvalue weighted by Gasteiger charge is -2.07. The van der Waals surface area contributed by atoms with Crippen LogP contribution in [0, 0.1) is 6.92 Å². The number of nitrogens with one attached hydrogen (secondary N) is 1. The Morgan fingerprint density at radius 2 is 1.92 bits per heavy atom. The van der Waals surface area contributed by atoms with Gasteiger partial charge in [0.2, 0.25) is 0 Å². The molecule has 0 radical (unpaired) electrons. The fourth-order valence-electron chi connectivity index (χ4n) is 2.41. The lowest BCUT2D eigenvalue weighted by molar-refractivity contribution is 0.0599. The minimum absolute atomic E-state index is 0.399. The normalized spacial score (nSPS) is 10.4. The van der Waals surface area contributed by atoms with Gasteiger partial charge >= 0.3 is 5.97 Å². The number of benzene rings is 1. The summed E-state index contributed by atoms with van der Waals surface area (Å²) in [5, 5.41) is 11.4. The van der Waals surface area contributed by atoms with Gasteiger partial charge in [-0.15, -0.1) is 5.10 Å². The SMILES string of the molecule is COC(=O)c1ccc(NCc2cn(-c3ccc(OC)cc3)nn2)nc1C. The third-order valence-electron chi connectivity index (χ3n) is 3.82. The molecule has 3 aromatic rings. The summed E-state index contributed by atoms with van der Waals surface area (Å²) in [6, 6.07) is 11.0. The van der Waals surface area contributed by atoms with Crippen LogP contribution in [0.4, 0.5) is 5.82 Å². The number of methoxy groups -OCH3 is 2. The summed E-state index contributed by atoms with van der Waals surface area (Å²) in [5.41, 5.74) is 2.70. The molecule has 1 aromatic carbocycles. The molecule has 0 aliphatic carbocycles. The van der Waals surface area contributed by atoms with Gasteiger partial charge < -0.3 is 14.8 Å². The third kappa shape index (κ3) is 3.80. The molecule has 0 atom stereocenters. The van der Waals surface area contributed by atoms with E-state index in [1.54, 1.807) is 30.8 Å². The number of anilines is 1. The highest BCUT2D eigenvalue weighted by molar-refractivity contribution is 5.90. The molecule has 0 bridgehead atoms. The Bertz CT molecular complexity index is 905. The van der Waals surface area contributed by atoms with Gasteiger partial charge in [0.05, 0.1) is 43.9 Å². The number of carbonyl (C=O) groups is 1. The van der Waals surface area contributed by atoms with Gasteiger partial charge in [0, 0.05) is 0 Å². The van der Waals surface area contributed by atoms with E-state index in [2.05, 4.69) is 20.6 Å². The summed E-state index contributed by atoms with van der Waals surface area (Å²) in [6.07, 6.45) is 1.84. The number of nitrogens with zero attached hydrogens (tertiary/aromatic N) is 4. The van der Waals surface area contributed by atoms with Crippen LogP contribution in [0.2, 0.25) is 0 Å². The molecule has 0 aliphatic rings. The van der Waals surface area contributed by atoms with E-state index in [1.807, 2.05) is 30.5 Å². The molecule has 2 aromatic heterocycles. The van der Waals surface area contributed by atoms with Gasteiger partial charge in [-0.25, -0.2) is 14.5 Å². The number of ether oxygens (including phenoxy) is 2. The molecule has 0 spiro atoms. The summed E-state index contributed by atoms with van der Waals surface area (Å²) in [5.74, 6) is 1.03. The van der Waals surface area contributed by atoms with Crippen LogP contribution in [0.1, 0.15) is 21.7 Å². The number of hydrogen-bond acceptors (Lipinski definition) is 7. The zero-order valence-corrected chi connectivity index (χ0v) is 14.8. The van der Waals surface area contributed by atoms with E-state index in [0.29, 0.717) is 23.6 Å². The molecule has 26 heavy (non-hydrogen) atoms. The largest absolute Gasteiger partial charge is 0.497 e. The van der Waals surface area contributed by atoms with E-state index in [0.717, 1.165) is 17.1 Å². The first-order valence-electron chi connectivity index (χ1n) is 7.96. The smallest absolute Gasteiger partial charge is 0.339 e. The van der Waals surface area contributed by atoms with Crippen molar-refractivity contribution in [2.24, 2.45) is 0 Å². The molecular formula is C18H19N5O3. The van der Waals surface area contributed by atoms with Crippen molar-refractivity contribution in [2.75, 3.05) is 19.5 Å². The molecule has 134 valence electrons. The van der Waals surface area contributed by atoms with Gasteiger partial charge in [0.15, 0.2) is 0 Å². The van der Waals surface area contributed by atoms with Crippen LogP contribution in [-0.4, -0.2) is 40.2 Å². The molecule has 8 nitrogen and oxygen atoms in total. The van der Waals surface area contributed by atoms with Crippen molar-refractivity contribution in [3.8, 4) is 11.4 Å². The molecule has 8 heteroatoms. The molecule has 3 rings (SSSR count). The maximum Gasteiger partial charge on any atom is 0.339 e. The van der Waals surface area contributed by atoms with Crippen molar-refractivity contribution in [3.05, 3.63) is 59.5 Å². The lowest BCUT2D eigenvalue weighted by atomic mass is 10.2. The van der Waals surface area contributed by atoms with Crippen LogP contribution in [0.15, 0.2) is 42.6 Å². The minimum atomic E-state index is -0.399. The molecule has 0 aliphatic heterocycles. The Kier molecular flexibility index (Phi) is 5.12. The van der Waals surface area contributed by atoms with Crippen molar-refractivity contribution < 1.29 is 14.3 Å². The van der Waals surface area contributed by atoms with Gasteiger partial charge in [-0.1, -0.05) is 5.21 Å². The Morgan fingerprint density at radius 1 is 1.15 bits per heavy atom. The average Bonchev–Trinajstić information content (AvgIpc) is 3.15. The maximum absolute atomic E-state index is 11.6. The van der Waals surface area contributed by atoms with E-state index in [1.165, 1.54) is 7.11 Å². The first-order valence-corrected chi connectivity index (χ1v) is 7.96. The highest BCUT2D eigenvalue weighted by Crippen LogP contribution is 2.15. The van der Waals surface area contributed by atoms with Crippen LogP contribution in [-0.2, 0) is 11.3 Å². The van der Waals surface area contributed by atoms with Gasteiger partial charge in [0.25, 0.3) is 0 Å². The number of hydrogen-bond donors (Lipinski definition) is 1. The lowest BCUT2D eigenvalue weighted by Crippen LogP contribution is -2.08. The fraction of sp³-hybridized carbons (Fsp3) is 0.222. The zero-order valence-electron chi connectivity index (χ0n) is 14.8. The van der Waals surface area contributed by atoms with Crippen molar-refractivity contribution >= 4 is 11.8 Å². The zero-order chi connectivity index (χ0) is 18.5. The van der Waals surface area contributed by atoms with E-state index >= 15 is 0 Å².